The number of nitrogens with zero attached hydrogens (tertiary/aromatic N) is 1. The van der Waals surface area contributed by atoms with Gasteiger partial charge in [-0.3, -0.25) is 0 Å². The van der Waals surface area contributed by atoms with Crippen molar-refractivity contribution in [2.24, 2.45) is 0 Å². The molecule has 1 aliphatic rings. The number of sulfonamides is 1. The minimum absolute atomic E-state index is 0.161. The molecule has 1 heterocycles. The summed E-state index contributed by atoms with van der Waals surface area (Å²) in [7, 11) is -3.54. The summed E-state index contributed by atoms with van der Waals surface area (Å²) in [5.74, 6) is 0. The molecule has 6 heteroatoms. The molecule has 1 aliphatic heterocycles. The molecule has 0 amide bonds. The van der Waals surface area contributed by atoms with E-state index in [0.29, 0.717) is 23.6 Å². The van der Waals surface area contributed by atoms with Crippen molar-refractivity contribution in [1.29, 1.82) is 0 Å². The summed E-state index contributed by atoms with van der Waals surface area (Å²) in [6.07, 6.45) is -0.0805. The minimum Gasteiger partial charge on any atom is -0.392 e. The SMILES string of the molecule is Cc1c(Cl)cccc1S(=O)(=O)N1CCC(O)C1. The van der Waals surface area contributed by atoms with Gasteiger partial charge in [-0.1, -0.05) is 17.7 Å². The van der Waals surface area contributed by atoms with Crippen molar-refractivity contribution in [2.45, 2.75) is 24.3 Å². The van der Waals surface area contributed by atoms with Crippen molar-refractivity contribution in [3.8, 4) is 0 Å². The van der Waals surface area contributed by atoms with Crippen LogP contribution in [0, 0.1) is 6.92 Å². The van der Waals surface area contributed by atoms with Crippen LogP contribution in [-0.4, -0.2) is 37.0 Å². The maximum Gasteiger partial charge on any atom is 0.243 e. The summed E-state index contributed by atoms with van der Waals surface area (Å²) in [6.45, 7) is 2.20. The molecule has 2 rings (SSSR count). The van der Waals surface area contributed by atoms with Crippen molar-refractivity contribution in [1.82, 2.24) is 4.31 Å². The first kappa shape index (κ1) is 12.8. The van der Waals surface area contributed by atoms with Gasteiger partial charge in [-0.25, -0.2) is 8.42 Å². The van der Waals surface area contributed by atoms with Crippen LogP contribution in [0.3, 0.4) is 0 Å². The summed E-state index contributed by atoms with van der Waals surface area (Å²) in [4.78, 5) is 0.221. The van der Waals surface area contributed by atoms with Gasteiger partial charge in [0.05, 0.1) is 11.0 Å². The van der Waals surface area contributed by atoms with E-state index in [-0.39, 0.29) is 11.4 Å². The Labute approximate surface area is 106 Å². The van der Waals surface area contributed by atoms with Crippen molar-refractivity contribution in [2.75, 3.05) is 13.1 Å². The van der Waals surface area contributed by atoms with Crippen LogP contribution in [0.1, 0.15) is 12.0 Å². The fourth-order valence-electron chi connectivity index (χ4n) is 1.94. The number of halogens is 1. The average molecular weight is 276 g/mol. The first-order valence-electron chi connectivity index (χ1n) is 5.36. The molecular weight excluding hydrogens is 262 g/mol. The minimum atomic E-state index is -3.54. The monoisotopic (exact) mass is 275 g/mol. The Hall–Kier alpha value is -0.620. The predicted octanol–water partition coefficient (Wildman–Crippen LogP) is 1.40. The molecule has 0 saturated carbocycles. The third kappa shape index (κ3) is 2.33. The molecule has 1 aromatic carbocycles. The van der Waals surface area contributed by atoms with E-state index in [0.717, 1.165) is 0 Å². The van der Waals surface area contributed by atoms with Crippen LogP contribution in [0.4, 0.5) is 0 Å². The zero-order valence-electron chi connectivity index (χ0n) is 9.43. The van der Waals surface area contributed by atoms with E-state index in [1.54, 1.807) is 25.1 Å². The summed E-state index contributed by atoms with van der Waals surface area (Å²) in [6, 6.07) is 4.82. The Morgan fingerprint density at radius 2 is 2.18 bits per heavy atom. The Bertz CT molecular complexity index is 530. The highest BCUT2D eigenvalue weighted by Gasteiger charge is 2.32. The first-order valence-corrected chi connectivity index (χ1v) is 7.18. The van der Waals surface area contributed by atoms with Gasteiger partial charge in [0.2, 0.25) is 10.0 Å². The largest absolute Gasteiger partial charge is 0.392 e. The van der Waals surface area contributed by atoms with Gasteiger partial charge in [-0.15, -0.1) is 0 Å². The molecule has 1 N–H and O–H groups in total. The summed E-state index contributed by atoms with van der Waals surface area (Å²) >= 11 is 5.92. The highest BCUT2D eigenvalue weighted by molar-refractivity contribution is 7.89. The van der Waals surface area contributed by atoms with Crippen LogP contribution in [0.5, 0.6) is 0 Å². The third-order valence-corrected chi connectivity index (χ3v) is 5.38. The van der Waals surface area contributed by atoms with Gasteiger partial charge in [0.25, 0.3) is 0 Å². The number of hydrogen-bond acceptors (Lipinski definition) is 3. The lowest BCUT2D eigenvalue weighted by Gasteiger charge is -2.17. The predicted molar refractivity (Wildman–Crippen MR) is 65.6 cm³/mol. The normalized spacial score (nSPS) is 21.9. The summed E-state index contributed by atoms with van der Waals surface area (Å²) in [5, 5.41) is 9.84. The van der Waals surface area contributed by atoms with E-state index < -0.39 is 16.1 Å². The topological polar surface area (TPSA) is 57.6 Å². The quantitative estimate of drug-likeness (QED) is 0.888. The molecule has 1 aromatic rings. The van der Waals surface area contributed by atoms with Crippen LogP contribution in [-0.2, 0) is 10.0 Å². The van der Waals surface area contributed by atoms with Gasteiger partial charge in [-0.05, 0) is 31.0 Å². The smallest absolute Gasteiger partial charge is 0.243 e. The molecule has 94 valence electrons. The van der Waals surface area contributed by atoms with Gasteiger partial charge in [-0.2, -0.15) is 4.31 Å². The molecule has 0 aromatic heterocycles. The van der Waals surface area contributed by atoms with Gasteiger partial charge in [0.15, 0.2) is 0 Å². The fraction of sp³-hybridized carbons (Fsp3) is 0.455. The van der Waals surface area contributed by atoms with Crippen molar-refractivity contribution < 1.29 is 13.5 Å². The molecular formula is C11H14ClNO3S. The Kier molecular flexibility index (Phi) is 3.45. The third-order valence-electron chi connectivity index (χ3n) is 2.96. The molecule has 1 saturated heterocycles. The lowest BCUT2D eigenvalue weighted by molar-refractivity contribution is 0.189. The second-order valence-electron chi connectivity index (χ2n) is 4.17. The lowest BCUT2D eigenvalue weighted by atomic mass is 10.2. The number of benzene rings is 1. The first-order chi connectivity index (χ1) is 7.93. The Morgan fingerprint density at radius 1 is 1.47 bits per heavy atom. The van der Waals surface area contributed by atoms with Crippen LogP contribution >= 0.6 is 11.6 Å². The van der Waals surface area contributed by atoms with Crippen LogP contribution in [0.2, 0.25) is 5.02 Å². The average Bonchev–Trinajstić information content (AvgIpc) is 2.69. The standard InChI is InChI=1S/C11H14ClNO3S/c1-8-10(12)3-2-4-11(8)17(15,16)13-6-5-9(14)7-13/h2-4,9,14H,5-7H2,1H3. The number of rotatable bonds is 2. The highest BCUT2D eigenvalue weighted by atomic mass is 35.5. The zero-order chi connectivity index (χ0) is 12.6. The Morgan fingerprint density at radius 3 is 2.76 bits per heavy atom. The van der Waals surface area contributed by atoms with Gasteiger partial charge >= 0.3 is 0 Å². The van der Waals surface area contributed by atoms with E-state index in [9.17, 15) is 13.5 Å². The fourth-order valence-corrected chi connectivity index (χ4v) is 3.91. The molecule has 1 fully saturated rings. The molecule has 4 nitrogen and oxygen atoms in total. The number of hydrogen-bond donors (Lipinski definition) is 1. The van der Waals surface area contributed by atoms with Gasteiger partial charge in [0, 0.05) is 18.1 Å². The van der Waals surface area contributed by atoms with Crippen LogP contribution in [0.15, 0.2) is 23.1 Å². The van der Waals surface area contributed by atoms with Crippen LogP contribution < -0.4 is 0 Å². The number of β-amino-alcohol motifs (C(OH)–C–C–N with tert-alkyl or cyclic N) is 1. The van der Waals surface area contributed by atoms with E-state index in [1.807, 2.05) is 0 Å². The molecule has 0 bridgehead atoms. The van der Waals surface area contributed by atoms with E-state index in [1.165, 1.54) is 4.31 Å². The second kappa shape index (κ2) is 4.57. The second-order valence-corrected chi connectivity index (χ2v) is 6.48. The van der Waals surface area contributed by atoms with Gasteiger partial charge < -0.3 is 5.11 Å². The number of aliphatic hydroxyl groups excluding tert-OH is 1. The van der Waals surface area contributed by atoms with Gasteiger partial charge in [0.1, 0.15) is 0 Å². The molecule has 0 spiro atoms. The molecule has 0 aliphatic carbocycles. The summed E-state index contributed by atoms with van der Waals surface area (Å²) in [5.41, 5.74) is 0.551. The molecule has 1 unspecified atom stereocenters. The lowest BCUT2D eigenvalue weighted by Crippen LogP contribution is -2.30. The summed E-state index contributed by atoms with van der Waals surface area (Å²) < 4.78 is 25.9. The molecule has 0 radical (unpaired) electrons. The van der Waals surface area contributed by atoms with E-state index in [4.69, 9.17) is 11.6 Å². The van der Waals surface area contributed by atoms with Crippen molar-refractivity contribution in [3.63, 3.8) is 0 Å². The maximum atomic E-state index is 12.3. The van der Waals surface area contributed by atoms with Crippen molar-refractivity contribution >= 4 is 21.6 Å². The maximum absolute atomic E-state index is 12.3. The van der Waals surface area contributed by atoms with Crippen LogP contribution in [0.25, 0.3) is 0 Å². The van der Waals surface area contributed by atoms with E-state index >= 15 is 0 Å². The highest BCUT2D eigenvalue weighted by Crippen LogP contribution is 2.27. The molecule has 1 atom stereocenters. The van der Waals surface area contributed by atoms with Crippen molar-refractivity contribution in [3.05, 3.63) is 28.8 Å². The Balaban J connectivity index is 2.42. The zero-order valence-corrected chi connectivity index (χ0v) is 11.0. The molecule has 17 heavy (non-hydrogen) atoms. The number of aliphatic hydroxyl groups is 1. The van der Waals surface area contributed by atoms with E-state index in [2.05, 4.69) is 0 Å².